The van der Waals surface area contributed by atoms with Crippen LogP contribution in [-0.4, -0.2) is 52.0 Å². The lowest BCUT2D eigenvalue weighted by molar-refractivity contribution is -0.134. The first-order valence-corrected chi connectivity index (χ1v) is 5.02. The largest absolute Gasteiger partial charge is 0.384 e. The number of methoxy groups -OCH3 is 1. The Kier molecular flexibility index (Phi) is 2.58. The first-order valence-electron chi connectivity index (χ1n) is 5.02. The van der Waals surface area contributed by atoms with Crippen LogP contribution in [0.3, 0.4) is 0 Å². The second kappa shape index (κ2) is 3.56. The fourth-order valence-electron chi connectivity index (χ4n) is 2.75. The van der Waals surface area contributed by atoms with E-state index in [-0.39, 0.29) is 0 Å². The second-order valence-electron chi connectivity index (χ2n) is 4.51. The summed E-state index contributed by atoms with van der Waals surface area (Å²) >= 11 is 0. The third-order valence-corrected chi connectivity index (χ3v) is 3.47. The molecule has 0 aromatic rings. The van der Waals surface area contributed by atoms with Gasteiger partial charge >= 0.3 is 0 Å². The molecule has 2 aliphatic rings. The van der Waals surface area contributed by atoms with E-state index in [2.05, 4.69) is 11.9 Å². The molecule has 0 radical (unpaired) electrons. The van der Waals surface area contributed by atoms with Gasteiger partial charge in [-0.3, -0.25) is 0 Å². The summed E-state index contributed by atoms with van der Waals surface area (Å²) in [7, 11) is 3.97. The maximum Gasteiger partial charge on any atom is 0.0522 e. The van der Waals surface area contributed by atoms with E-state index in [0.717, 1.165) is 19.8 Å². The lowest BCUT2D eigenvalue weighted by Gasteiger charge is -2.55. The molecule has 1 unspecified atom stereocenters. The Morgan fingerprint density at radius 3 is 2.92 bits per heavy atom. The van der Waals surface area contributed by atoms with Crippen LogP contribution in [-0.2, 0) is 9.47 Å². The van der Waals surface area contributed by atoms with Crippen LogP contribution in [0.1, 0.15) is 6.42 Å². The highest BCUT2D eigenvalue weighted by molar-refractivity contribution is 4.99. The van der Waals surface area contributed by atoms with Crippen molar-refractivity contribution in [1.82, 2.24) is 4.90 Å². The van der Waals surface area contributed by atoms with Crippen LogP contribution in [0.5, 0.6) is 0 Å². The Labute approximate surface area is 80.0 Å². The van der Waals surface area contributed by atoms with Crippen molar-refractivity contribution in [2.24, 2.45) is 11.3 Å². The first kappa shape index (κ1) is 9.44. The van der Waals surface area contributed by atoms with Gasteiger partial charge in [-0.25, -0.2) is 0 Å². The number of hydrogen-bond donors (Lipinski definition) is 0. The van der Waals surface area contributed by atoms with E-state index < -0.39 is 0 Å². The van der Waals surface area contributed by atoms with Crippen molar-refractivity contribution in [3.63, 3.8) is 0 Å². The van der Waals surface area contributed by atoms with Crippen molar-refractivity contribution in [3.05, 3.63) is 0 Å². The number of rotatable bonds is 2. The van der Waals surface area contributed by atoms with Crippen molar-refractivity contribution >= 4 is 0 Å². The molecule has 0 amide bonds. The van der Waals surface area contributed by atoms with Gasteiger partial charge in [0.15, 0.2) is 0 Å². The molecule has 76 valence electrons. The molecule has 3 nitrogen and oxygen atoms in total. The summed E-state index contributed by atoms with van der Waals surface area (Å²) in [6.45, 7) is 5.14. The average molecular weight is 185 g/mol. The fourth-order valence-corrected chi connectivity index (χ4v) is 2.75. The molecule has 0 bridgehead atoms. The van der Waals surface area contributed by atoms with Gasteiger partial charge in [0.25, 0.3) is 0 Å². The van der Waals surface area contributed by atoms with E-state index in [1.165, 1.54) is 19.5 Å². The molecule has 1 atom stereocenters. The zero-order valence-corrected chi connectivity index (χ0v) is 8.58. The van der Waals surface area contributed by atoms with Crippen molar-refractivity contribution in [2.45, 2.75) is 6.42 Å². The van der Waals surface area contributed by atoms with Crippen LogP contribution >= 0.6 is 0 Å². The van der Waals surface area contributed by atoms with Crippen LogP contribution in [0.15, 0.2) is 0 Å². The molecule has 0 aromatic carbocycles. The maximum atomic E-state index is 5.50. The summed E-state index contributed by atoms with van der Waals surface area (Å²) in [4.78, 5) is 2.38. The zero-order valence-electron chi connectivity index (χ0n) is 8.58. The molecule has 2 saturated heterocycles. The van der Waals surface area contributed by atoms with Gasteiger partial charge in [-0.2, -0.15) is 0 Å². The number of likely N-dealkylation sites (tertiary alicyclic amines) is 1. The van der Waals surface area contributed by atoms with E-state index in [9.17, 15) is 0 Å². The molecule has 0 aromatic heterocycles. The number of ether oxygens (including phenoxy) is 2. The minimum Gasteiger partial charge on any atom is -0.384 e. The molecule has 0 N–H and O–H groups in total. The van der Waals surface area contributed by atoms with Gasteiger partial charge in [0, 0.05) is 38.1 Å². The summed E-state index contributed by atoms with van der Waals surface area (Å²) in [6, 6.07) is 0. The highest BCUT2D eigenvalue weighted by Gasteiger charge is 2.48. The molecule has 2 heterocycles. The molecule has 3 heteroatoms. The smallest absolute Gasteiger partial charge is 0.0522 e. The van der Waals surface area contributed by atoms with E-state index in [0.29, 0.717) is 11.3 Å². The molecule has 0 aliphatic carbocycles. The zero-order chi connectivity index (χ0) is 9.31. The Hall–Kier alpha value is -0.120. The molecule has 1 spiro atoms. The normalized spacial score (nSPS) is 33.2. The van der Waals surface area contributed by atoms with Gasteiger partial charge in [-0.1, -0.05) is 0 Å². The molecule has 2 fully saturated rings. The van der Waals surface area contributed by atoms with E-state index in [4.69, 9.17) is 9.47 Å². The highest BCUT2D eigenvalue weighted by Crippen LogP contribution is 2.43. The second-order valence-corrected chi connectivity index (χ2v) is 4.51. The maximum absolute atomic E-state index is 5.50. The SMILES string of the molecule is COCC1COCCC12CN(C)C2. The molecule has 2 rings (SSSR count). The van der Waals surface area contributed by atoms with Crippen LogP contribution in [0.2, 0.25) is 0 Å². The van der Waals surface area contributed by atoms with Crippen LogP contribution in [0.4, 0.5) is 0 Å². The topological polar surface area (TPSA) is 21.7 Å². The lowest BCUT2D eigenvalue weighted by Crippen LogP contribution is -2.61. The third-order valence-electron chi connectivity index (χ3n) is 3.47. The van der Waals surface area contributed by atoms with E-state index in [1.54, 1.807) is 7.11 Å². The summed E-state index contributed by atoms with van der Waals surface area (Å²) < 4.78 is 10.8. The van der Waals surface area contributed by atoms with Gasteiger partial charge in [-0.15, -0.1) is 0 Å². The fraction of sp³-hybridized carbons (Fsp3) is 1.00. The van der Waals surface area contributed by atoms with Gasteiger partial charge in [0.05, 0.1) is 13.2 Å². The van der Waals surface area contributed by atoms with E-state index >= 15 is 0 Å². The predicted molar refractivity (Wildman–Crippen MR) is 50.7 cm³/mol. The quantitative estimate of drug-likeness (QED) is 0.629. The number of nitrogens with zero attached hydrogens (tertiary/aromatic N) is 1. The molecule has 13 heavy (non-hydrogen) atoms. The van der Waals surface area contributed by atoms with Gasteiger partial charge < -0.3 is 14.4 Å². The van der Waals surface area contributed by atoms with Crippen LogP contribution < -0.4 is 0 Å². The van der Waals surface area contributed by atoms with Gasteiger partial charge in [0.1, 0.15) is 0 Å². The summed E-state index contributed by atoms with van der Waals surface area (Å²) in [5.41, 5.74) is 0.517. The average Bonchev–Trinajstić information content (AvgIpc) is 2.07. The standard InChI is InChI=1S/C10H19NO2/c1-11-7-10(8-11)3-4-13-6-9(10)5-12-2/h9H,3-8H2,1-2H3. The molecular formula is C10H19NO2. The van der Waals surface area contributed by atoms with Gasteiger partial charge in [0.2, 0.25) is 0 Å². The monoisotopic (exact) mass is 185 g/mol. The highest BCUT2D eigenvalue weighted by atomic mass is 16.5. The first-order chi connectivity index (χ1) is 6.27. The number of hydrogen-bond acceptors (Lipinski definition) is 3. The minimum absolute atomic E-state index is 0.517. The summed E-state index contributed by atoms with van der Waals surface area (Å²) in [5, 5.41) is 0. The molecular weight excluding hydrogens is 166 g/mol. The Bertz CT molecular complexity index is 170. The predicted octanol–water partition coefficient (Wildman–Crippen LogP) is 0.601. The Morgan fingerprint density at radius 1 is 1.54 bits per heavy atom. The third kappa shape index (κ3) is 1.60. The lowest BCUT2D eigenvalue weighted by atomic mass is 9.67. The minimum atomic E-state index is 0.517. The summed E-state index contributed by atoms with van der Waals surface area (Å²) in [5.74, 6) is 0.613. The van der Waals surface area contributed by atoms with Crippen molar-refractivity contribution in [1.29, 1.82) is 0 Å². The van der Waals surface area contributed by atoms with Crippen molar-refractivity contribution in [2.75, 3.05) is 47.1 Å². The van der Waals surface area contributed by atoms with Gasteiger partial charge in [-0.05, 0) is 13.5 Å². The molecule has 2 aliphatic heterocycles. The summed E-state index contributed by atoms with van der Waals surface area (Å²) in [6.07, 6.45) is 1.21. The van der Waals surface area contributed by atoms with Crippen molar-refractivity contribution < 1.29 is 9.47 Å². The van der Waals surface area contributed by atoms with E-state index in [1.807, 2.05) is 0 Å². The van der Waals surface area contributed by atoms with Crippen LogP contribution in [0, 0.1) is 11.3 Å². The Balaban J connectivity index is 1.97. The Morgan fingerprint density at radius 2 is 2.31 bits per heavy atom. The molecule has 0 saturated carbocycles. The van der Waals surface area contributed by atoms with Crippen molar-refractivity contribution in [3.8, 4) is 0 Å². The van der Waals surface area contributed by atoms with Crippen LogP contribution in [0.25, 0.3) is 0 Å².